The second-order valence-corrected chi connectivity index (χ2v) is 5.39. The second-order valence-electron chi connectivity index (χ2n) is 5.39. The van der Waals surface area contributed by atoms with Crippen LogP contribution in [0.25, 0.3) is 5.65 Å². The number of aromatic nitrogens is 3. The molecule has 5 heteroatoms. The number of amides is 1. The summed E-state index contributed by atoms with van der Waals surface area (Å²) in [5.74, 6) is 0.611. The summed E-state index contributed by atoms with van der Waals surface area (Å²) >= 11 is 0. The van der Waals surface area contributed by atoms with Gasteiger partial charge in [0.1, 0.15) is 5.56 Å². The Balaban J connectivity index is 2.01. The van der Waals surface area contributed by atoms with Gasteiger partial charge in [0, 0.05) is 17.9 Å². The first-order valence-corrected chi connectivity index (χ1v) is 6.68. The van der Waals surface area contributed by atoms with Gasteiger partial charge in [-0.1, -0.05) is 0 Å². The molecule has 1 N–H and O–H groups in total. The van der Waals surface area contributed by atoms with Crippen LogP contribution in [-0.2, 0) is 0 Å². The molecule has 0 aromatic carbocycles. The minimum atomic E-state index is -0.0584. The quantitative estimate of drug-likeness (QED) is 0.913. The first kappa shape index (κ1) is 12.1. The fourth-order valence-electron chi connectivity index (χ4n) is 2.34. The zero-order valence-corrected chi connectivity index (χ0v) is 11.5. The van der Waals surface area contributed by atoms with Crippen molar-refractivity contribution in [1.29, 1.82) is 0 Å². The first-order valence-electron chi connectivity index (χ1n) is 6.68. The predicted molar refractivity (Wildman–Crippen MR) is 72.3 cm³/mol. The van der Waals surface area contributed by atoms with E-state index in [0.29, 0.717) is 17.1 Å². The van der Waals surface area contributed by atoms with Crippen molar-refractivity contribution >= 4 is 11.6 Å². The molecule has 0 aliphatic heterocycles. The Kier molecular flexibility index (Phi) is 2.77. The van der Waals surface area contributed by atoms with E-state index in [1.807, 2.05) is 26.8 Å². The molecule has 1 amide bonds. The molecule has 1 aliphatic rings. The minimum Gasteiger partial charge on any atom is -0.352 e. The lowest BCUT2D eigenvalue weighted by Gasteiger charge is -2.04. The van der Waals surface area contributed by atoms with Crippen molar-refractivity contribution in [1.82, 2.24) is 19.9 Å². The third-order valence-electron chi connectivity index (χ3n) is 3.55. The van der Waals surface area contributed by atoms with Crippen LogP contribution in [0, 0.1) is 26.7 Å². The highest BCUT2D eigenvalue weighted by Gasteiger charge is 2.24. The maximum Gasteiger partial charge on any atom is 0.257 e. The Labute approximate surface area is 112 Å². The van der Waals surface area contributed by atoms with Gasteiger partial charge in [-0.15, -0.1) is 0 Å². The van der Waals surface area contributed by atoms with E-state index in [9.17, 15) is 4.79 Å². The molecule has 2 heterocycles. The summed E-state index contributed by atoms with van der Waals surface area (Å²) in [6.45, 7) is 6.52. The molecule has 0 bridgehead atoms. The molecule has 19 heavy (non-hydrogen) atoms. The molecule has 1 saturated carbocycles. The number of hydrogen-bond donors (Lipinski definition) is 1. The summed E-state index contributed by atoms with van der Waals surface area (Å²) in [4.78, 5) is 16.8. The van der Waals surface area contributed by atoms with Crippen LogP contribution in [0.4, 0.5) is 0 Å². The van der Waals surface area contributed by atoms with Gasteiger partial charge in [0.25, 0.3) is 5.91 Å². The molecule has 0 saturated heterocycles. The van der Waals surface area contributed by atoms with E-state index in [4.69, 9.17) is 0 Å². The Hall–Kier alpha value is -1.91. The molecular weight excluding hydrogens is 240 g/mol. The van der Waals surface area contributed by atoms with Gasteiger partial charge < -0.3 is 5.32 Å². The summed E-state index contributed by atoms with van der Waals surface area (Å²) in [6.07, 6.45) is 2.45. The van der Waals surface area contributed by atoms with Crippen LogP contribution in [0.1, 0.15) is 40.3 Å². The zero-order valence-electron chi connectivity index (χ0n) is 11.5. The molecule has 0 unspecified atom stereocenters. The van der Waals surface area contributed by atoms with E-state index < -0.39 is 0 Å². The Morgan fingerprint density at radius 3 is 2.84 bits per heavy atom. The number of carbonyl (C=O) groups is 1. The van der Waals surface area contributed by atoms with Gasteiger partial charge in [-0.05, 0) is 45.6 Å². The lowest BCUT2D eigenvalue weighted by atomic mass is 10.2. The lowest BCUT2D eigenvalue weighted by Crippen LogP contribution is -2.26. The van der Waals surface area contributed by atoms with Crippen LogP contribution in [0.15, 0.2) is 6.07 Å². The Bertz CT molecular complexity index is 655. The molecule has 1 aliphatic carbocycles. The molecule has 0 spiro atoms. The summed E-state index contributed by atoms with van der Waals surface area (Å²) in [5, 5.41) is 7.40. The fraction of sp³-hybridized carbons (Fsp3) is 0.500. The third-order valence-corrected chi connectivity index (χ3v) is 3.55. The number of fused-ring (bicyclic) bond motifs is 1. The van der Waals surface area contributed by atoms with Gasteiger partial charge >= 0.3 is 0 Å². The second kappa shape index (κ2) is 4.33. The van der Waals surface area contributed by atoms with Crippen molar-refractivity contribution in [3.63, 3.8) is 0 Å². The van der Waals surface area contributed by atoms with Crippen LogP contribution < -0.4 is 5.32 Å². The van der Waals surface area contributed by atoms with E-state index in [1.165, 1.54) is 12.8 Å². The van der Waals surface area contributed by atoms with Crippen molar-refractivity contribution in [2.24, 2.45) is 5.92 Å². The number of rotatable bonds is 3. The van der Waals surface area contributed by atoms with Gasteiger partial charge in [-0.25, -0.2) is 9.50 Å². The van der Waals surface area contributed by atoms with Crippen LogP contribution in [0.5, 0.6) is 0 Å². The summed E-state index contributed by atoms with van der Waals surface area (Å²) < 4.78 is 1.74. The molecule has 1 fully saturated rings. The van der Waals surface area contributed by atoms with Gasteiger partial charge in [0.05, 0.1) is 5.69 Å². The lowest BCUT2D eigenvalue weighted by molar-refractivity contribution is 0.0952. The molecule has 2 aromatic heterocycles. The standard InChI is InChI=1S/C14H18N4O/c1-8-6-9(2)18-13(16-8)12(10(3)17-18)14(19)15-7-11-4-5-11/h6,11H,4-5,7H2,1-3H3,(H,15,19). The largest absolute Gasteiger partial charge is 0.352 e. The number of aryl methyl sites for hydroxylation is 3. The average molecular weight is 258 g/mol. The average Bonchev–Trinajstić information content (AvgIpc) is 3.10. The zero-order chi connectivity index (χ0) is 13.6. The molecular formula is C14H18N4O. The van der Waals surface area contributed by atoms with Crippen LogP contribution in [0.3, 0.4) is 0 Å². The van der Waals surface area contributed by atoms with E-state index in [2.05, 4.69) is 15.4 Å². The van der Waals surface area contributed by atoms with Crippen molar-refractivity contribution in [2.45, 2.75) is 33.6 Å². The van der Waals surface area contributed by atoms with Gasteiger partial charge in [-0.3, -0.25) is 4.79 Å². The third kappa shape index (κ3) is 2.20. The molecule has 100 valence electrons. The fourth-order valence-corrected chi connectivity index (χ4v) is 2.34. The van der Waals surface area contributed by atoms with E-state index in [0.717, 1.165) is 23.6 Å². The molecule has 0 atom stereocenters. The van der Waals surface area contributed by atoms with E-state index >= 15 is 0 Å². The summed E-state index contributed by atoms with van der Waals surface area (Å²) in [5.41, 5.74) is 3.89. The monoisotopic (exact) mass is 258 g/mol. The first-order chi connectivity index (χ1) is 9.06. The maximum absolute atomic E-state index is 12.3. The highest BCUT2D eigenvalue weighted by Crippen LogP contribution is 2.27. The number of nitrogens with zero attached hydrogens (tertiary/aromatic N) is 3. The van der Waals surface area contributed by atoms with Gasteiger partial charge in [0.2, 0.25) is 0 Å². The van der Waals surface area contributed by atoms with Crippen molar-refractivity contribution < 1.29 is 4.79 Å². The van der Waals surface area contributed by atoms with Gasteiger partial charge in [-0.2, -0.15) is 5.10 Å². The molecule has 3 rings (SSSR count). The normalized spacial score (nSPS) is 14.9. The topological polar surface area (TPSA) is 59.3 Å². The predicted octanol–water partition coefficient (Wildman–Crippen LogP) is 1.79. The minimum absolute atomic E-state index is 0.0584. The number of nitrogens with one attached hydrogen (secondary N) is 1. The molecule has 0 radical (unpaired) electrons. The Morgan fingerprint density at radius 2 is 2.16 bits per heavy atom. The van der Waals surface area contributed by atoms with E-state index in [-0.39, 0.29) is 5.91 Å². The number of carbonyl (C=O) groups excluding carboxylic acids is 1. The maximum atomic E-state index is 12.3. The summed E-state index contributed by atoms with van der Waals surface area (Å²) in [7, 11) is 0. The van der Waals surface area contributed by atoms with Crippen molar-refractivity contribution in [2.75, 3.05) is 6.54 Å². The van der Waals surface area contributed by atoms with Crippen molar-refractivity contribution in [3.8, 4) is 0 Å². The van der Waals surface area contributed by atoms with Crippen LogP contribution in [0.2, 0.25) is 0 Å². The number of hydrogen-bond acceptors (Lipinski definition) is 3. The van der Waals surface area contributed by atoms with Gasteiger partial charge in [0.15, 0.2) is 5.65 Å². The Morgan fingerprint density at radius 1 is 1.42 bits per heavy atom. The molecule has 5 nitrogen and oxygen atoms in total. The van der Waals surface area contributed by atoms with Crippen LogP contribution >= 0.6 is 0 Å². The summed E-state index contributed by atoms with van der Waals surface area (Å²) in [6, 6.07) is 1.96. The highest BCUT2D eigenvalue weighted by molar-refractivity contribution is 6.01. The molecule has 2 aromatic rings. The highest BCUT2D eigenvalue weighted by atomic mass is 16.1. The van der Waals surface area contributed by atoms with Crippen LogP contribution in [-0.4, -0.2) is 27.0 Å². The van der Waals surface area contributed by atoms with Crippen molar-refractivity contribution in [3.05, 3.63) is 28.7 Å². The smallest absolute Gasteiger partial charge is 0.257 e. The SMILES string of the molecule is Cc1cc(C)n2nc(C)c(C(=O)NCC3CC3)c2n1. The van der Waals surface area contributed by atoms with E-state index in [1.54, 1.807) is 4.52 Å².